The molecule has 1 atom stereocenters. The predicted molar refractivity (Wildman–Crippen MR) is 93.5 cm³/mol. The van der Waals surface area contributed by atoms with Gasteiger partial charge in [-0.05, 0) is 44.1 Å². The lowest BCUT2D eigenvalue weighted by Crippen LogP contribution is -2.29. The molecule has 1 unspecified atom stereocenters. The second-order valence-electron chi connectivity index (χ2n) is 7.12. The Morgan fingerprint density at radius 3 is 2.84 bits per heavy atom. The lowest BCUT2D eigenvalue weighted by atomic mass is 9.79. The van der Waals surface area contributed by atoms with Crippen LogP contribution in [0.4, 0.5) is 0 Å². The summed E-state index contributed by atoms with van der Waals surface area (Å²) in [6.07, 6.45) is 7.73. The zero-order chi connectivity index (χ0) is 17.4. The summed E-state index contributed by atoms with van der Waals surface area (Å²) >= 11 is 0. The monoisotopic (exact) mass is 341 g/mol. The summed E-state index contributed by atoms with van der Waals surface area (Å²) in [5.41, 5.74) is 8.29. The van der Waals surface area contributed by atoms with E-state index in [9.17, 15) is 4.79 Å². The highest BCUT2D eigenvalue weighted by atomic mass is 16.5. The third kappa shape index (κ3) is 3.13. The van der Waals surface area contributed by atoms with Crippen LogP contribution in [0.1, 0.15) is 37.7 Å². The Kier molecular flexibility index (Phi) is 4.19. The van der Waals surface area contributed by atoms with Crippen LogP contribution in [0.5, 0.6) is 11.6 Å². The molecule has 0 aromatic carbocycles. The molecule has 2 N–H and O–H groups in total. The van der Waals surface area contributed by atoms with E-state index in [1.54, 1.807) is 13.3 Å². The third-order valence-corrected chi connectivity index (χ3v) is 5.53. The maximum absolute atomic E-state index is 11.3. The molecule has 1 aliphatic heterocycles. The first kappa shape index (κ1) is 16.1. The van der Waals surface area contributed by atoms with Crippen molar-refractivity contribution < 1.29 is 14.3 Å². The van der Waals surface area contributed by atoms with Crippen molar-refractivity contribution in [3.8, 4) is 11.6 Å². The van der Waals surface area contributed by atoms with Gasteiger partial charge in [0.1, 0.15) is 11.9 Å². The van der Waals surface area contributed by atoms with E-state index in [4.69, 9.17) is 15.2 Å². The zero-order valence-electron chi connectivity index (χ0n) is 14.4. The Hall–Kier alpha value is -2.37. The highest BCUT2D eigenvalue weighted by molar-refractivity contribution is 5.81. The van der Waals surface area contributed by atoms with Gasteiger partial charge in [-0.25, -0.2) is 4.98 Å². The van der Waals surface area contributed by atoms with Crippen molar-refractivity contribution in [2.45, 2.75) is 44.6 Å². The number of hydrogen-bond donors (Lipinski definition) is 1. The zero-order valence-corrected chi connectivity index (χ0v) is 14.4. The molecule has 1 saturated carbocycles. The average Bonchev–Trinajstić information content (AvgIpc) is 3.04. The first-order valence-corrected chi connectivity index (χ1v) is 8.92. The van der Waals surface area contributed by atoms with Crippen molar-refractivity contribution in [2.24, 2.45) is 17.6 Å². The molecule has 25 heavy (non-hydrogen) atoms. The highest BCUT2D eigenvalue weighted by Gasteiger charge is 2.31. The molecular formula is C19H23N3O3. The van der Waals surface area contributed by atoms with E-state index >= 15 is 0 Å². The van der Waals surface area contributed by atoms with E-state index in [-0.39, 0.29) is 17.9 Å². The number of carbonyl (C=O) groups is 1. The second kappa shape index (κ2) is 6.50. The minimum Gasteiger partial charge on any atom is -0.488 e. The fraction of sp³-hybridized carbons (Fsp3) is 0.526. The molecule has 0 bridgehead atoms. The van der Waals surface area contributed by atoms with E-state index < -0.39 is 0 Å². The van der Waals surface area contributed by atoms with Crippen molar-refractivity contribution >= 4 is 16.9 Å². The van der Waals surface area contributed by atoms with E-state index in [0.29, 0.717) is 11.8 Å². The number of methoxy groups -OCH3 is 1. The fourth-order valence-electron chi connectivity index (χ4n) is 4.13. The Morgan fingerprint density at radius 2 is 2.12 bits per heavy atom. The molecule has 0 saturated heterocycles. The lowest BCUT2D eigenvalue weighted by Gasteiger charge is -2.28. The van der Waals surface area contributed by atoms with Gasteiger partial charge in [-0.1, -0.05) is 0 Å². The summed E-state index contributed by atoms with van der Waals surface area (Å²) in [6.45, 7) is 0. The van der Waals surface area contributed by atoms with Crippen LogP contribution < -0.4 is 15.2 Å². The van der Waals surface area contributed by atoms with Crippen LogP contribution in [0.25, 0.3) is 11.0 Å². The van der Waals surface area contributed by atoms with Crippen molar-refractivity contribution in [3.05, 3.63) is 23.9 Å². The van der Waals surface area contributed by atoms with Gasteiger partial charge in [0, 0.05) is 24.0 Å². The van der Waals surface area contributed by atoms with E-state index in [2.05, 4.69) is 9.97 Å². The van der Waals surface area contributed by atoms with Crippen LogP contribution >= 0.6 is 0 Å². The van der Waals surface area contributed by atoms with Crippen LogP contribution in [0.2, 0.25) is 0 Å². The number of fused-ring (bicyclic) bond motifs is 3. The first-order chi connectivity index (χ1) is 12.1. The van der Waals surface area contributed by atoms with Gasteiger partial charge in [0.25, 0.3) is 0 Å². The summed E-state index contributed by atoms with van der Waals surface area (Å²) in [5, 5.41) is 0. The molecule has 0 spiro atoms. The maximum atomic E-state index is 11.3. The smallest absolute Gasteiger partial charge is 0.220 e. The highest BCUT2D eigenvalue weighted by Crippen LogP contribution is 2.38. The number of aromatic nitrogens is 2. The molecule has 2 aromatic rings. The summed E-state index contributed by atoms with van der Waals surface area (Å²) in [6, 6.07) is 3.76. The molecule has 6 nitrogen and oxygen atoms in total. The normalized spacial score (nSPS) is 25.4. The molecule has 2 aliphatic rings. The minimum atomic E-state index is -0.152. The molecular weight excluding hydrogens is 318 g/mol. The molecule has 6 heteroatoms. The Morgan fingerprint density at radius 1 is 1.32 bits per heavy atom. The van der Waals surface area contributed by atoms with Gasteiger partial charge in [-0.2, -0.15) is 0 Å². The quantitative estimate of drug-likeness (QED) is 0.923. The Bertz CT molecular complexity index is 800. The molecule has 1 fully saturated rings. The van der Waals surface area contributed by atoms with Gasteiger partial charge in [0.2, 0.25) is 11.8 Å². The van der Waals surface area contributed by atoms with Crippen LogP contribution in [0.3, 0.4) is 0 Å². The number of amides is 1. The van der Waals surface area contributed by atoms with Gasteiger partial charge in [-0.3, -0.25) is 9.78 Å². The minimum absolute atomic E-state index is 0.0581. The first-order valence-electron chi connectivity index (χ1n) is 8.92. The molecule has 4 rings (SSSR count). The van der Waals surface area contributed by atoms with Gasteiger partial charge in [0.05, 0.1) is 24.3 Å². The number of hydrogen-bond acceptors (Lipinski definition) is 5. The van der Waals surface area contributed by atoms with Crippen molar-refractivity contribution in [3.63, 3.8) is 0 Å². The molecule has 3 heterocycles. The average molecular weight is 341 g/mol. The molecule has 1 aliphatic carbocycles. The van der Waals surface area contributed by atoms with Gasteiger partial charge >= 0.3 is 0 Å². The third-order valence-electron chi connectivity index (χ3n) is 5.53. The number of nitrogens with two attached hydrogens (primary N) is 1. The Balaban J connectivity index is 1.46. The molecule has 1 amide bonds. The largest absolute Gasteiger partial charge is 0.488 e. The number of carbonyl (C=O) groups excluding carboxylic acids is 1. The van der Waals surface area contributed by atoms with Crippen LogP contribution in [-0.4, -0.2) is 29.1 Å². The van der Waals surface area contributed by atoms with E-state index in [0.717, 1.165) is 60.9 Å². The van der Waals surface area contributed by atoms with Crippen molar-refractivity contribution in [1.29, 1.82) is 0 Å². The van der Waals surface area contributed by atoms with Gasteiger partial charge in [0.15, 0.2) is 0 Å². The number of ether oxygens (including phenoxy) is 2. The van der Waals surface area contributed by atoms with Crippen LogP contribution in [-0.2, 0) is 11.2 Å². The van der Waals surface area contributed by atoms with Crippen molar-refractivity contribution in [2.75, 3.05) is 7.11 Å². The maximum Gasteiger partial charge on any atom is 0.220 e. The molecule has 0 radical (unpaired) electrons. The summed E-state index contributed by atoms with van der Waals surface area (Å²) < 4.78 is 11.4. The summed E-state index contributed by atoms with van der Waals surface area (Å²) in [7, 11) is 1.62. The fourth-order valence-corrected chi connectivity index (χ4v) is 4.13. The van der Waals surface area contributed by atoms with Crippen molar-refractivity contribution in [1.82, 2.24) is 9.97 Å². The number of nitrogens with zero attached hydrogens (tertiary/aromatic N) is 2. The second-order valence-corrected chi connectivity index (χ2v) is 7.12. The predicted octanol–water partition coefficient (Wildman–Crippen LogP) is 2.62. The van der Waals surface area contributed by atoms with E-state index in [1.165, 1.54) is 0 Å². The van der Waals surface area contributed by atoms with Crippen LogP contribution in [0.15, 0.2) is 18.3 Å². The number of pyridine rings is 2. The SMILES string of the molecule is COc1ccc2ncc3c(c2n1)CC(CC1CCC(C(N)=O)CC1)O3. The summed E-state index contributed by atoms with van der Waals surface area (Å²) in [5.74, 6) is 1.93. The molecule has 132 valence electrons. The van der Waals surface area contributed by atoms with Gasteiger partial charge in [-0.15, -0.1) is 0 Å². The number of rotatable bonds is 4. The van der Waals surface area contributed by atoms with Crippen LogP contribution in [0, 0.1) is 11.8 Å². The summed E-state index contributed by atoms with van der Waals surface area (Å²) in [4.78, 5) is 20.3. The van der Waals surface area contributed by atoms with E-state index in [1.807, 2.05) is 12.1 Å². The Labute approximate surface area is 146 Å². The number of primary amides is 1. The lowest BCUT2D eigenvalue weighted by molar-refractivity contribution is -0.123. The van der Waals surface area contributed by atoms with Gasteiger partial charge < -0.3 is 15.2 Å². The standard InChI is InChI=1S/C19H23N3O3/c1-24-17-7-6-15-18(22-17)14-9-13(25-16(14)10-21-15)8-11-2-4-12(5-3-11)19(20)23/h6-7,10-13H,2-5,8-9H2,1H3,(H2,20,23). The topological polar surface area (TPSA) is 87.3 Å². The molecule has 2 aromatic heterocycles.